The molecule has 90 valence electrons. The summed E-state index contributed by atoms with van der Waals surface area (Å²) in [7, 11) is -5.80. The van der Waals surface area contributed by atoms with E-state index in [1.807, 2.05) is 0 Å². The van der Waals surface area contributed by atoms with Crippen molar-refractivity contribution in [2.24, 2.45) is 0 Å². The fourth-order valence-electron chi connectivity index (χ4n) is 0.636. The molecule has 0 aliphatic heterocycles. The van der Waals surface area contributed by atoms with Crippen molar-refractivity contribution in [2.75, 3.05) is 6.61 Å². The van der Waals surface area contributed by atoms with E-state index in [0.717, 1.165) is 6.92 Å². The number of hydrogen-bond donors (Lipinski definition) is 1. The van der Waals surface area contributed by atoms with Crippen LogP contribution in [0.4, 0.5) is 13.2 Å². The molecule has 5 nitrogen and oxygen atoms in total. The molecule has 0 aromatic rings. The Morgan fingerprint density at radius 3 is 2.33 bits per heavy atom. The van der Waals surface area contributed by atoms with Gasteiger partial charge in [-0.1, -0.05) is 0 Å². The minimum atomic E-state index is -5.80. The van der Waals surface area contributed by atoms with Crippen molar-refractivity contribution < 1.29 is 35.7 Å². The van der Waals surface area contributed by atoms with Crippen LogP contribution in [0.2, 0.25) is 0 Å². The summed E-state index contributed by atoms with van der Waals surface area (Å²) in [5.41, 5.74) is 0. The first kappa shape index (κ1) is 14.2. The second-order valence-electron chi connectivity index (χ2n) is 2.63. The highest BCUT2D eigenvalue weighted by molar-refractivity contribution is 7.86. The molecular formula is C6H9F3O5S. The van der Waals surface area contributed by atoms with Gasteiger partial charge in [0, 0.05) is 13.3 Å². The van der Waals surface area contributed by atoms with Gasteiger partial charge in [0.15, 0.2) is 6.17 Å². The SMILES string of the molecule is CC(=O)OCCC(F)C(F)(F)S(=O)(=O)O. The Hall–Kier alpha value is -0.830. The Morgan fingerprint density at radius 1 is 1.53 bits per heavy atom. The molecule has 1 atom stereocenters. The van der Waals surface area contributed by atoms with E-state index in [4.69, 9.17) is 4.55 Å². The van der Waals surface area contributed by atoms with Crippen molar-refractivity contribution in [2.45, 2.75) is 24.8 Å². The number of alkyl halides is 3. The van der Waals surface area contributed by atoms with Gasteiger partial charge in [-0.3, -0.25) is 9.35 Å². The molecule has 0 heterocycles. The van der Waals surface area contributed by atoms with Crippen LogP contribution in [0.15, 0.2) is 0 Å². The lowest BCUT2D eigenvalue weighted by Gasteiger charge is -2.16. The lowest BCUT2D eigenvalue weighted by atomic mass is 10.3. The summed E-state index contributed by atoms with van der Waals surface area (Å²) in [5.74, 6) is -0.808. The molecule has 0 fully saturated rings. The Morgan fingerprint density at radius 2 is 2.00 bits per heavy atom. The van der Waals surface area contributed by atoms with Gasteiger partial charge in [-0.15, -0.1) is 0 Å². The van der Waals surface area contributed by atoms with E-state index in [2.05, 4.69) is 4.74 Å². The lowest BCUT2D eigenvalue weighted by molar-refractivity contribution is -0.142. The first-order chi connectivity index (χ1) is 6.59. The number of halogens is 3. The van der Waals surface area contributed by atoms with Crippen LogP contribution in [0.5, 0.6) is 0 Å². The first-order valence-corrected chi connectivity index (χ1v) is 5.15. The second-order valence-corrected chi connectivity index (χ2v) is 4.13. The quantitative estimate of drug-likeness (QED) is 0.575. The van der Waals surface area contributed by atoms with E-state index in [9.17, 15) is 26.4 Å². The number of hydrogen-bond acceptors (Lipinski definition) is 4. The minimum absolute atomic E-state index is 0.693. The van der Waals surface area contributed by atoms with Gasteiger partial charge in [-0.05, 0) is 0 Å². The van der Waals surface area contributed by atoms with Crippen LogP contribution in [0, 0.1) is 0 Å². The Kier molecular flexibility index (Phi) is 4.53. The van der Waals surface area contributed by atoms with Crippen molar-refractivity contribution in [3.8, 4) is 0 Å². The van der Waals surface area contributed by atoms with Crippen LogP contribution in [0.1, 0.15) is 13.3 Å². The zero-order chi connectivity index (χ0) is 12.3. The van der Waals surface area contributed by atoms with E-state index < -0.39 is 40.5 Å². The number of ether oxygens (including phenoxy) is 1. The molecule has 9 heteroatoms. The fourth-order valence-corrected chi connectivity index (χ4v) is 1.08. The van der Waals surface area contributed by atoms with Gasteiger partial charge in [0.1, 0.15) is 0 Å². The Bertz CT molecular complexity index is 326. The highest BCUT2D eigenvalue weighted by Gasteiger charge is 2.52. The molecule has 1 unspecified atom stereocenters. The van der Waals surface area contributed by atoms with Crippen molar-refractivity contribution in [1.29, 1.82) is 0 Å². The van der Waals surface area contributed by atoms with Crippen LogP contribution in [0.3, 0.4) is 0 Å². The van der Waals surface area contributed by atoms with Crippen LogP contribution in [-0.4, -0.2) is 37.0 Å². The normalized spacial score (nSPS) is 14.7. The van der Waals surface area contributed by atoms with Gasteiger partial charge in [0.25, 0.3) is 0 Å². The molecule has 0 aliphatic rings. The van der Waals surface area contributed by atoms with Crippen molar-refractivity contribution in [3.05, 3.63) is 0 Å². The maximum absolute atomic E-state index is 12.6. The van der Waals surface area contributed by atoms with Crippen LogP contribution in [0.25, 0.3) is 0 Å². The molecule has 0 saturated carbocycles. The first-order valence-electron chi connectivity index (χ1n) is 3.71. The van der Waals surface area contributed by atoms with E-state index in [1.165, 1.54) is 0 Å². The van der Waals surface area contributed by atoms with E-state index >= 15 is 0 Å². The molecule has 0 aromatic heterocycles. The molecule has 0 spiro atoms. The zero-order valence-corrected chi connectivity index (χ0v) is 8.43. The van der Waals surface area contributed by atoms with E-state index in [0.29, 0.717) is 0 Å². The molecule has 1 N–H and O–H groups in total. The zero-order valence-electron chi connectivity index (χ0n) is 7.61. The third kappa shape index (κ3) is 4.04. The van der Waals surface area contributed by atoms with Crippen molar-refractivity contribution >= 4 is 16.1 Å². The molecule has 15 heavy (non-hydrogen) atoms. The third-order valence-corrected chi connectivity index (χ3v) is 2.33. The largest absolute Gasteiger partial charge is 0.466 e. The third-order valence-electron chi connectivity index (χ3n) is 1.39. The second kappa shape index (κ2) is 4.79. The highest BCUT2D eigenvalue weighted by atomic mass is 32.2. The maximum Gasteiger partial charge on any atom is 0.400 e. The van der Waals surface area contributed by atoms with Crippen molar-refractivity contribution in [1.82, 2.24) is 0 Å². The predicted octanol–water partition coefficient (Wildman–Crippen LogP) is 0.758. The fraction of sp³-hybridized carbons (Fsp3) is 0.833. The van der Waals surface area contributed by atoms with E-state index in [1.54, 1.807) is 0 Å². The number of esters is 1. The summed E-state index contributed by atoms with van der Waals surface area (Å²) in [6.45, 7) is 0.287. The average molecular weight is 250 g/mol. The van der Waals surface area contributed by atoms with Crippen LogP contribution in [-0.2, 0) is 19.6 Å². The highest BCUT2D eigenvalue weighted by Crippen LogP contribution is 2.29. The van der Waals surface area contributed by atoms with Gasteiger partial charge in [0.2, 0.25) is 0 Å². The Labute approximate surface area is 84.0 Å². The summed E-state index contributed by atoms with van der Waals surface area (Å²) in [6, 6.07) is 0. The summed E-state index contributed by atoms with van der Waals surface area (Å²) < 4.78 is 69.9. The molecular weight excluding hydrogens is 241 g/mol. The molecule has 0 saturated heterocycles. The van der Waals surface area contributed by atoms with Gasteiger partial charge in [0.05, 0.1) is 6.61 Å². The van der Waals surface area contributed by atoms with E-state index in [-0.39, 0.29) is 0 Å². The summed E-state index contributed by atoms with van der Waals surface area (Å²) in [5, 5.41) is -4.90. The molecule has 0 rings (SSSR count). The summed E-state index contributed by atoms with van der Waals surface area (Å²) >= 11 is 0. The Balaban J connectivity index is 4.33. The predicted molar refractivity (Wildman–Crippen MR) is 42.6 cm³/mol. The van der Waals surface area contributed by atoms with Gasteiger partial charge >= 0.3 is 21.3 Å². The summed E-state index contributed by atoms with van der Waals surface area (Å²) in [4.78, 5) is 10.2. The topological polar surface area (TPSA) is 80.7 Å². The van der Waals surface area contributed by atoms with Crippen molar-refractivity contribution in [3.63, 3.8) is 0 Å². The molecule has 0 amide bonds. The maximum atomic E-state index is 12.6. The molecule has 0 aliphatic carbocycles. The smallest absolute Gasteiger partial charge is 0.400 e. The van der Waals surface area contributed by atoms with Gasteiger partial charge in [-0.25, -0.2) is 4.39 Å². The standard InChI is InChI=1S/C6H9F3O5S/c1-4(10)14-3-2-5(7)6(8,9)15(11,12)13/h5H,2-3H2,1H3,(H,11,12,13). The number of carbonyl (C=O) groups is 1. The summed E-state index contributed by atoms with van der Waals surface area (Å²) in [6.07, 6.45) is -4.15. The minimum Gasteiger partial charge on any atom is -0.466 e. The van der Waals surface area contributed by atoms with Gasteiger partial charge < -0.3 is 4.74 Å². The molecule has 0 aromatic carbocycles. The number of carbonyl (C=O) groups excluding carboxylic acids is 1. The molecule has 0 bridgehead atoms. The van der Waals surface area contributed by atoms with Crippen LogP contribution >= 0.6 is 0 Å². The average Bonchev–Trinajstić information content (AvgIpc) is 2.01. The van der Waals surface area contributed by atoms with Crippen LogP contribution < -0.4 is 0 Å². The lowest BCUT2D eigenvalue weighted by Crippen LogP contribution is -2.39. The van der Waals surface area contributed by atoms with Gasteiger partial charge in [-0.2, -0.15) is 17.2 Å². The monoisotopic (exact) mass is 250 g/mol. The number of rotatable bonds is 5. The molecule has 0 radical (unpaired) electrons.